The van der Waals surface area contributed by atoms with E-state index < -0.39 is 6.10 Å². The van der Waals surface area contributed by atoms with Crippen molar-refractivity contribution >= 4 is 34.6 Å². The van der Waals surface area contributed by atoms with E-state index in [1.54, 1.807) is 24.4 Å². The molecule has 1 unspecified atom stereocenters. The van der Waals surface area contributed by atoms with Gasteiger partial charge in [0.05, 0.1) is 9.21 Å². The van der Waals surface area contributed by atoms with Gasteiger partial charge in [-0.05, 0) is 48.0 Å². The summed E-state index contributed by atoms with van der Waals surface area (Å²) in [6.45, 7) is 0.279. The van der Waals surface area contributed by atoms with Crippen LogP contribution in [-0.2, 0) is 16.2 Å². The van der Waals surface area contributed by atoms with Crippen molar-refractivity contribution < 1.29 is 18.8 Å². The van der Waals surface area contributed by atoms with Crippen LogP contribution in [0.4, 0.5) is 4.39 Å². The zero-order chi connectivity index (χ0) is 20.2. The highest BCUT2D eigenvalue weighted by molar-refractivity contribution is 7.18. The number of oxime groups is 1. The molecule has 0 spiro atoms. The van der Waals surface area contributed by atoms with Crippen LogP contribution in [0.5, 0.6) is 11.6 Å². The number of hydrogen-bond acceptors (Lipinski definition) is 6. The maximum Gasteiger partial charge on any atom is 0.264 e. The van der Waals surface area contributed by atoms with Gasteiger partial charge in [-0.25, -0.2) is 9.37 Å². The number of hydrogen-bond donors (Lipinski definition) is 1. The van der Waals surface area contributed by atoms with E-state index in [1.807, 2.05) is 6.07 Å². The molecule has 1 N–H and O–H groups in total. The average molecular weight is 432 g/mol. The number of ether oxygens (including phenoxy) is 1. The van der Waals surface area contributed by atoms with Gasteiger partial charge >= 0.3 is 0 Å². The first-order valence-electron chi connectivity index (χ1n) is 8.71. The minimum absolute atomic E-state index is 0.260. The standard InChI is InChI=1S/C20H15ClFN3O3S/c21-18-6-5-17(29-18)15-10-16(28-25-15)20(26)24-11-12-7-8-23-19(9-12)27-14-3-1-13(22)2-4-14/h1-9,16H,10-11H2,(H,24,26). The summed E-state index contributed by atoms with van der Waals surface area (Å²) in [5.74, 6) is 0.216. The number of thiophene rings is 1. The first-order chi connectivity index (χ1) is 14.1. The van der Waals surface area contributed by atoms with Crippen LogP contribution < -0.4 is 10.1 Å². The van der Waals surface area contributed by atoms with Crippen LogP contribution in [0.15, 0.2) is 59.9 Å². The molecule has 148 valence electrons. The van der Waals surface area contributed by atoms with Gasteiger partial charge < -0.3 is 14.9 Å². The number of nitrogens with zero attached hydrogens (tertiary/aromatic N) is 2. The van der Waals surface area contributed by atoms with E-state index in [4.69, 9.17) is 21.2 Å². The quantitative estimate of drug-likeness (QED) is 0.622. The van der Waals surface area contributed by atoms with E-state index in [0.717, 1.165) is 10.4 Å². The van der Waals surface area contributed by atoms with Crippen LogP contribution in [0, 0.1) is 5.82 Å². The van der Waals surface area contributed by atoms with Crippen molar-refractivity contribution in [2.75, 3.05) is 0 Å². The fraction of sp³-hybridized carbons (Fsp3) is 0.150. The highest BCUT2D eigenvalue weighted by atomic mass is 35.5. The molecule has 3 aromatic rings. The number of rotatable bonds is 6. The third kappa shape index (κ3) is 4.90. The molecule has 0 aliphatic carbocycles. The fourth-order valence-electron chi connectivity index (χ4n) is 2.68. The van der Waals surface area contributed by atoms with Gasteiger partial charge in [-0.1, -0.05) is 16.8 Å². The number of benzene rings is 1. The lowest BCUT2D eigenvalue weighted by atomic mass is 10.1. The molecule has 2 aromatic heterocycles. The summed E-state index contributed by atoms with van der Waals surface area (Å²) < 4.78 is 19.2. The molecule has 0 fully saturated rings. The normalized spacial score (nSPS) is 15.5. The fourth-order valence-corrected chi connectivity index (χ4v) is 3.71. The smallest absolute Gasteiger partial charge is 0.264 e. The van der Waals surface area contributed by atoms with Crippen molar-refractivity contribution in [1.82, 2.24) is 10.3 Å². The summed E-state index contributed by atoms with van der Waals surface area (Å²) in [4.78, 5) is 22.7. The average Bonchev–Trinajstić information content (AvgIpc) is 3.37. The van der Waals surface area contributed by atoms with Crippen LogP contribution >= 0.6 is 22.9 Å². The van der Waals surface area contributed by atoms with Crippen molar-refractivity contribution in [2.45, 2.75) is 19.1 Å². The summed E-state index contributed by atoms with van der Waals surface area (Å²) >= 11 is 7.33. The Balaban J connectivity index is 1.31. The van der Waals surface area contributed by atoms with E-state index in [0.29, 0.717) is 28.1 Å². The molecule has 0 radical (unpaired) electrons. The maximum atomic E-state index is 13.0. The molecule has 1 aromatic carbocycles. The maximum absolute atomic E-state index is 13.0. The second kappa shape index (κ2) is 8.59. The van der Waals surface area contributed by atoms with Crippen LogP contribution in [0.1, 0.15) is 16.9 Å². The molecule has 29 heavy (non-hydrogen) atoms. The third-order valence-electron chi connectivity index (χ3n) is 4.12. The summed E-state index contributed by atoms with van der Waals surface area (Å²) in [5, 5.41) is 6.82. The lowest BCUT2D eigenvalue weighted by molar-refractivity contribution is -0.131. The molecule has 1 amide bonds. The number of carbonyl (C=O) groups excluding carboxylic acids is 1. The summed E-state index contributed by atoms with van der Waals surface area (Å²) in [7, 11) is 0. The molecule has 4 rings (SSSR count). The van der Waals surface area contributed by atoms with E-state index in [9.17, 15) is 9.18 Å². The van der Waals surface area contributed by atoms with Gasteiger partial charge in [0.15, 0.2) is 0 Å². The summed E-state index contributed by atoms with van der Waals surface area (Å²) in [5.41, 5.74) is 1.51. The Morgan fingerprint density at radius 3 is 2.86 bits per heavy atom. The molecule has 9 heteroatoms. The van der Waals surface area contributed by atoms with E-state index in [1.165, 1.54) is 35.6 Å². The minimum atomic E-state index is -0.678. The Morgan fingerprint density at radius 1 is 1.28 bits per heavy atom. The van der Waals surface area contributed by atoms with Crippen LogP contribution in [0.25, 0.3) is 0 Å². The lowest BCUT2D eigenvalue weighted by Crippen LogP contribution is -2.34. The second-order valence-corrected chi connectivity index (χ2v) is 7.93. The predicted molar refractivity (Wildman–Crippen MR) is 108 cm³/mol. The van der Waals surface area contributed by atoms with Crippen molar-refractivity contribution in [3.63, 3.8) is 0 Å². The summed E-state index contributed by atoms with van der Waals surface area (Å²) in [6, 6.07) is 12.8. The Morgan fingerprint density at radius 2 is 2.10 bits per heavy atom. The van der Waals surface area contributed by atoms with Crippen molar-refractivity contribution in [3.05, 3.63) is 75.3 Å². The SMILES string of the molecule is O=C(NCc1ccnc(Oc2ccc(F)cc2)c1)C1CC(c2ccc(Cl)s2)=NO1. The molecule has 0 saturated carbocycles. The molecule has 1 aliphatic rings. The molecule has 6 nitrogen and oxygen atoms in total. The lowest BCUT2D eigenvalue weighted by Gasteiger charge is -2.10. The number of amides is 1. The van der Waals surface area contributed by atoms with Gasteiger partial charge in [0.1, 0.15) is 17.3 Å². The largest absolute Gasteiger partial charge is 0.439 e. The molecular formula is C20H15ClFN3O3S. The van der Waals surface area contributed by atoms with E-state index in [-0.39, 0.29) is 18.3 Å². The van der Waals surface area contributed by atoms with E-state index >= 15 is 0 Å². The van der Waals surface area contributed by atoms with Crippen LogP contribution in [0.3, 0.4) is 0 Å². The number of nitrogens with one attached hydrogen (secondary N) is 1. The zero-order valence-corrected chi connectivity index (χ0v) is 16.5. The Kier molecular flexibility index (Phi) is 5.73. The summed E-state index contributed by atoms with van der Waals surface area (Å²) in [6.07, 6.45) is 1.29. The predicted octanol–water partition coefficient (Wildman–Crippen LogP) is 4.54. The van der Waals surface area contributed by atoms with Crippen molar-refractivity contribution in [1.29, 1.82) is 0 Å². The topological polar surface area (TPSA) is 72.8 Å². The van der Waals surface area contributed by atoms with Gasteiger partial charge in [-0.15, -0.1) is 11.3 Å². The van der Waals surface area contributed by atoms with Gasteiger partial charge in [0.2, 0.25) is 12.0 Å². The second-order valence-electron chi connectivity index (χ2n) is 6.22. The molecule has 1 aliphatic heterocycles. The van der Waals surface area contributed by atoms with E-state index in [2.05, 4.69) is 15.5 Å². The number of carbonyl (C=O) groups is 1. The zero-order valence-electron chi connectivity index (χ0n) is 15.0. The first-order valence-corrected chi connectivity index (χ1v) is 9.91. The highest BCUT2D eigenvalue weighted by Gasteiger charge is 2.29. The van der Waals surface area contributed by atoms with Gasteiger partial charge in [-0.2, -0.15) is 0 Å². The molecule has 0 saturated heterocycles. The first kappa shape index (κ1) is 19.4. The number of halogens is 2. The Bertz CT molecular complexity index is 1060. The van der Waals surface area contributed by atoms with Crippen molar-refractivity contribution in [3.8, 4) is 11.6 Å². The molecule has 3 heterocycles. The van der Waals surface area contributed by atoms with Crippen molar-refractivity contribution in [2.24, 2.45) is 5.16 Å². The Labute approximate surface area is 174 Å². The van der Waals surface area contributed by atoms with Gasteiger partial charge in [0.25, 0.3) is 5.91 Å². The monoisotopic (exact) mass is 431 g/mol. The Hall–Kier alpha value is -2.97. The number of aromatic nitrogens is 1. The minimum Gasteiger partial charge on any atom is -0.439 e. The molecule has 0 bridgehead atoms. The van der Waals surface area contributed by atoms with Crippen LogP contribution in [0.2, 0.25) is 4.34 Å². The molecular weight excluding hydrogens is 417 g/mol. The third-order valence-corrected chi connectivity index (χ3v) is 5.40. The van der Waals surface area contributed by atoms with Gasteiger partial charge in [0, 0.05) is 25.2 Å². The van der Waals surface area contributed by atoms with Gasteiger partial charge in [-0.3, -0.25) is 4.79 Å². The highest BCUT2D eigenvalue weighted by Crippen LogP contribution is 2.26. The molecule has 1 atom stereocenters. The van der Waals surface area contributed by atoms with Crippen LogP contribution in [-0.4, -0.2) is 22.7 Å². The number of pyridine rings is 1.